The maximum Gasteiger partial charge on any atom is 0.303 e. The van der Waals surface area contributed by atoms with Gasteiger partial charge < -0.3 is 25.6 Å². The van der Waals surface area contributed by atoms with Crippen LogP contribution in [0.4, 0.5) is 11.4 Å². The van der Waals surface area contributed by atoms with Crippen molar-refractivity contribution in [2.75, 3.05) is 10.6 Å². The van der Waals surface area contributed by atoms with Crippen molar-refractivity contribution >= 4 is 35.1 Å². The van der Waals surface area contributed by atoms with Crippen molar-refractivity contribution in [1.82, 2.24) is 0 Å². The number of nitrogens with one attached hydrogen (secondary N) is 2. The van der Waals surface area contributed by atoms with Gasteiger partial charge in [-0.25, -0.2) is 0 Å². The number of ether oxygens (including phenoxy) is 1. The Bertz CT molecular complexity index is 1090. The quantitative estimate of drug-likeness (QED) is 0.253. The summed E-state index contributed by atoms with van der Waals surface area (Å²) in [5.41, 5.74) is 0.302. The van der Waals surface area contributed by atoms with Crippen LogP contribution in [0.1, 0.15) is 77.0 Å². The van der Waals surface area contributed by atoms with E-state index in [4.69, 9.17) is 4.74 Å². The Morgan fingerprint density at radius 2 is 0.923 bits per heavy atom. The summed E-state index contributed by atoms with van der Waals surface area (Å²) in [7, 11) is 0. The molecule has 0 aromatic heterocycles. The number of hydrogen-bond donors (Lipinski definition) is 4. The lowest BCUT2D eigenvalue weighted by atomic mass is 9.79. The van der Waals surface area contributed by atoms with Gasteiger partial charge >= 0.3 is 11.9 Å². The molecule has 2 aliphatic carbocycles. The number of carbonyl (C=O) groups is 4. The van der Waals surface area contributed by atoms with E-state index in [0.717, 1.165) is 51.4 Å². The molecule has 9 heteroatoms. The van der Waals surface area contributed by atoms with Gasteiger partial charge in [0.25, 0.3) is 0 Å². The Balaban J connectivity index is 1.27. The van der Waals surface area contributed by atoms with E-state index in [9.17, 15) is 29.4 Å². The minimum atomic E-state index is -0.866. The second-order valence-corrected chi connectivity index (χ2v) is 11.2. The van der Waals surface area contributed by atoms with E-state index >= 15 is 0 Å². The fourth-order valence-corrected chi connectivity index (χ4v) is 6.16. The highest BCUT2D eigenvalue weighted by molar-refractivity contribution is 5.92. The molecule has 2 amide bonds. The number of carbonyl (C=O) groups excluding carboxylic acids is 2. The molecule has 0 saturated heterocycles. The molecule has 2 aromatic carbocycles. The van der Waals surface area contributed by atoms with Crippen molar-refractivity contribution in [3.63, 3.8) is 0 Å². The highest BCUT2D eigenvalue weighted by atomic mass is 16.5. The topological polar surface area (TPSA) is 142 Å². The minimum Gasteiger partial charge on any atom is -0.481 e. The average molecular weight is 537 g/mol. The van der Waals surface area contributed by atoms with Crippen LogP contribution in [0.5, 0.6) is 11.5 Å². The molecule has 4 rings (SSSR count). The van der Waals surface area contributed by atoms with Gasteiger partial charge in [0.05, 0.1) is 12.8 Å². The first-order valence-corrected chi connectivity index (χ1v) is 13.6. The van der Waals surface area contributed by atoms with Gasteiger partial charge in [-0.1, -0.05) is 25.7 Å². The summed E-state index contributed by atoms with van der Waals surface area (Å²) in [4.78, 5) is 47.8. The molecule has 2 fully saturated rings. The lowest BCUT2D eigenvalue weighted by Crippen LogP contribution is -2.27. The van der Waals surface area contributed by atoms with Gasteiger partial charge in [0.15, 0.2) is 0 Å². The van der Waals surface area contributed by atoms with Gasteiger partial charge in [-0.15, -0.1) is 0 Å². The number of benzene rings is 2. The van der Waals surface area contributed by atoms with E-state index < -0.39 is 22.8 Å². The molecule has 39 heavy (non-hydrogen) atoms. The van der Waals surface area contributed by atoms with Crippen molar-refractivity contribution in [3.05, 3.63) is 48.5 Å². The van der Waals surface area contributed by atoms with E-state index in [-0.39, 0.29) is 37.5 Å². The maximum atomic E-state index is 12.6. The summed E-state index contributed by atoms with van der Waals surface area (Å²) < 4.78 is 5.88. The molecule has 0 radical (unpaired) electrons. The summed E-state index contributed by atoms with van der Waals surface area (Å²) >= 11 is 0. The van der Waals surface area contributed by atoms with E-state index in [1.165, 1.54) is 0 Å². The highest BCUT2D eigenvalue weighted by Gasteiger charge is 2.39. The van der Waals surface area contributed by atoms with Crippen LogP contribution in [0.25, 0.3) is 0 Å². The van der Waals surface area contributed by atoms with Crippen molar-refractivity contribution in [1.29, 1.82) is 0 Å². The molecule has 0 aliphatic heterocycles. The van der Waals surface area contributed by atoms with Crippen LogP contribution in [-0.4, -0.2) is 34.0 Å². The number of rotatable bonds is 12. The average Bonchev–Trinajstić information content (AvgIpc) is 3.50. The molecular weight excluding hydrogens is 500 g/mol. The van der Waals surface area contributed by atoms with Crippen molar-refractivity contribution in [3.8, 4) is 11.5 Å². The molecule has 0 spiro atoms. The normalized spacial score (nSPS) is 17.3. The zero-order chi connectivity index (χ0) is 27.9. The zero-order valence-electron chi connectivity index (χ0n) is 22.0. The third-order valence-corrected chi connectivity index (χ3v) is 7.96. The van der Waals surface area contributed by atoms with Gasteiger partial charge in [-0.3, -0.25) is 19.2 Å². The Kier molecular flexibility index (Phi) is 8.89. The first-order valence-electron chi connectivity index (χ1n) is 13.6. The molecule has 0 heterocycles. The number of aliphatic carboxylic acids is 2. The monoisotopic (exact) mass is 536 g/mol. The van der Waals surface area contributed by atoms with Crippen LogP contribution < -0.4 is 15.4 Å². The second kappa shape index (κ2) is 12.3. The predicted octanol–water partition coefficient (Wildman–Crippen LogP) is 6.21. The second-order valence-electron chi connectivity index (χ2n) is 11.2. The van der Waals surface area contributed by atoms with E-state index in [1.54, 1.807) is 48.5 Å². The summed E-state index contributed by atoms with van der Waals surface area (Å²) in [5, 5.41) is 24.2. The fraction of sp³-hybridized carbons (Fsp3) is 0.467. The van der Waals surface area contributed by atoms with Gasteiger partial charge in [-0.2, -0.15) is 0 Å². The smallest absolute Gasteiger partial charge is 0.303 e. The molecular formula is C30H36N2O7. The number of anilines is 2. The van der Waals surface area contributed by atoms with Crippen molar-refractivity contribution in [2.24, 2.45) is 10.8 Å². The zero-order valence-corrected chi connectivity index (χ0v) is 22.0. The number of hydrogen-bond acceptors (Lipinski definition) is 5. The van der Waals surface area contributed by atoms with Crippen molar-refractivity contribution in [2.45, 2.75) is 77.0 Å². The summed E-state index contributed by atoms with van der Waals surface area (Å²) in [6.45, 7) is 0. The maximum absolute atomic E-state index is 12.6. The Labute approximate surface area is 227 Å². The molecule has 2 aliphatic rings. The van der Waals surface area contributed by atoms with Crippen LogP contribution in [0.3, 0.4) is 0 Å². The Morgan fingerprint density at radius 3 is 1.23 bits per heavy atom. The summed E-state index contributed by atoms with van der Waals surface area (Å²) in [6.07, 6.45) is 7.26. The first-order chi connectivity index (χ1) is 18.6. The Morgan fingerprint density at radius 1 is 0.590 bits per heavy atom. The van der Waals surface area contributed by atoms with Crippen LogP contribution in [0.15, 0.2) is 48.5 Å². The van der Waals surface area contributed by atoms with Crippen LogP contribution in [0.2, 0.25) is 0 Å². The third-order valence-electron chi connectivity index (χ3n) is 7.96. The summed E-state index contributed by atoms with van der Waals surface area (Å²) in [5.74, 6) is -0.971. The Hall–Kier alpha value is -3.88. The van der Waals surface area contributed by atoms with Gasteiger partial charge in [0, 0.05) is 24.2 Å². The summed E-state index contributed by atoms with van der Waals surface area (Å²) in [6, 6.07) is 13.9. The fourth-order valence-electron chi connectivity index (χ4n) is 6.16. The van der Waals surface area contributed by atoms with Crippen LogP contribution in [-0.2, 0) is 19.2 Å². The predicted molar refractivity (Wildman–Crippen MR) is 146 cm³/mol. The number of carboxylic acids is 2. The van der Waals surface area contributed by atoms with Crippen LogP contribution in [0, 0.1) is 10.8 Å². The van der Waals surface area contributed by atoms with E-state index in [0.29, 0.717) is 22.9 Å². The number of amides is 2. The number of carboxylic acid groups (broad SMARTS) is 2. The molecule has 2 aromatic rings. The van der Waals surface area contributed by atoms with E-state index in [1.807, 2.05) is 0 Å². The van der Waals surface area contributed by atoms with E-state index in [2.05, 4.69) is 10.6 Å². The van der Waals surface area contributed by atoms with Gasteiger partial charge in [0.1, 0.15) is 11.5 Å². The minimum absolute atomic E-state index is 0.0150. The SMILES string of the molecule is O=C(O)CC1(CC(=O)Nc2ccc(Oc3ccc(NC(=O)CC4(CC(=O)O)CCCC4)cc3)cc2)CCCC1. The molecule has 208 valence electrons. The highest BCUT2D eigenvalue weighted by Crippen LogP contribution is 2.45. The van der Waals surface area contributed by atoms with Gasteiger partial charge in [-0.05, 0) is 85.0 Å². The lowest BCUT2D eigenvalue weighted by Gasteiger charge is -2.26. The van der Waals surface area contributed by atoms with Crippen molar-refractivity contribution < 1.29 is 34.1 Å². The molecule has 4 N–H and O–H groups in total. The third kappa shape index (κ3) is 8.05. The largest absolute Gasteiger partial charge is 0.481 e. The van der Waals surface area contributed by atoms with Crippen LogP contribution >= 0.6 is 0 Å². The molecule has 0 unspecified atom stereocenters. The molecule has 0 atom stereocenters. The van der Waals surface area contributed by atoms with Gasteiger partial charge in [0.2, 0.25) is 11.8 Å². The molecule has 2 saturated carbocycles. The standard InChI is InChI=1S/C30H36N2O7/c33-25(17-29(19-27(35)36)13-1-2-14-29)31-21-5-9-23(10-6-21)39-24-11-7-22(8-12-24)32-26(34)18-30(20-28(37)38)15-3-4-16-30/h5-12H,1-4,13-20H2,(H,31,33)(H,32,34)(H,35,36)(H,37,38). The molecule has 9 nitrogen and oxygen atoms in total. The first kappa shape index (κ1) is 28.1. The lowest BCUT2D eigenvalue weighted by molar-refractivity contribution is -0.141. The molecule has 0 bridgehead atoms.